The van der Waals surface area contributed by atoms with Crippen molar-refractivity contribution in [1.29, 1.82) is 0 Å². The van der Waals surface area contributed by atoms with Gasteiger partial charge in [-0.1, -0.05) is 44.2 Å². The number of nitrogens with zero attached hydrogens (tertiary/aromatic N) is 2. The SMILES string of the molecule is COC(=O)c1nc(NC(=O)C(Cc2ccccc2)n2cccc2)sc1C(C)C. The maximum atomic E-state index is 13.1. The molecule has 7 heteroatoms. The standard InChI is InChI=1S/C21H23N3O3S/c1-14(2)18-17(20(26)27-3)22-21(28-18)23-19(25)16(24-11-7-8-12-24)13-15-9-5-4-6-10-15/h4-12,14,16H,13H2,1-3H3,(H,22,23,25). The molecule has 0 saturated heterocycles. The number of ether oxygens (including phenoxy) is 1. The Bertz CT molecular complexity index is 933. The van der Waals surface area contributed by atoms with Gasteiger partial charge in [0.2, 0.25) is 5.91 Å². The number of carbonyl (C=O) groups is 2. The Morgan fingerprint density at radius 3 is 2.43 bits per heavy atom. The first-order chi connectivity index (χ1) is 13.5. The van der Waals surface area contributed by atoms with E-state index in [-0.39, 0.29) is 17.5 Å². The first-order valence-electron chi connectivity index (χ1n) is 9.06. The zero-order valence-electron chi connectivity index (χ0n) is 16.1. The molecule has 146 valence electrons. The quantitative estimate of drug-likeness (QED) is 0.604. The Kier molecular flexibility index (Phi) is 6.26. The second-order valence-electron chi connectivity index (χ2n) is 6.70. The van der Waals surface area contributed by atoms with E-state index >= 15 is 0 Å². The Morgan fingerprint density at radius 1 is 1.14 bits per heavy atom. The maximum absolute atomic E-state index is 13.1. The zero-order valence-corrected chi connectivity index (χ0v) is 16.9. The molecule has 2 aromatic heterocycles. The highest BCUT2D eigenvalue weighted by atomic mass is 32.1. The van der Waals surface area contributed by atoms with E-state index in [1.54, 1.807) is 0 Å². The molecule has 6 nitrogen and oxygen atoms in total. The van der Waals surface area contributed by atoms with E-state index in [9.17, 15) is 9.59 Å². The van der Waals surface area contributed by atoms with Gasteiger partial charge in [0.1, 0.15) is 6.04 Å². The van der Waals surface area contributed by atoms with Gasteiger partial charge in [-0.2, -0.15) is 0 Å². The van der Waals surface area contributed by atoms with Crippen molar-refractivity contribution in [1.82, 2.24) is 9.55 Å². The van der Waals surface area contributed by atoms with Crippen molar-refractivity contribution in [2.24, 2.45) is 0 Å². The molecule has 3 aromatic rings. The molecule has 3 rings (SSSR count). The lowest BCUT2D eigenvalue weighted by Crippen LogP contribution is -2.27. The molecule has 1 aromatic carbocycles. The number of hydrogen-bond acceptors (Lipinski definition) is 5. The van der Waals surface area contributed by atoms with Crippen molar-refractivity contribution in [2.75, 3.05) is 12.4 Å². The van der Waals surface area contributed by atoms with Gasteiger partial charge in [0, 0.05) is 23.7 Å². The van der Waals surface area contributed by atoms with Crippen molar-refractivity contribution in [3.8, 4) is 0 Å². The predicted molar refractivity (Wildman–Crippen MR) is 110 cm³/mol. The highest BCUT2D eigenvalue weighted by Crippen LogP contribution is 2.31. The van der Waals surface area contributed by atoms with E-state index in [0.717, 1.165) is 10.4 Å². The summed E-state index contributed by atoms with van der Waals surface area (Å²) in [6, 6.07) is 13.2. The van der Waals surface area contributed by atoms with Gasteiger partial charge in [0.25, 0.3) is 0 Å². The fourth-order valence-electron chi connectivity index (χ4n) is 2.93. The monoisotopic (exact) mass is 397 g/mol. The fraction of sp³-hybridized carbons (Fsp3) is 0.286. The normalized spacial score (nSPS) is 12.0. The van der Waals surface area contributed by atoms with E-state index < -0.39 is 12.0 Å². The second kappa shape index (κ2) is 8.84. The van der Waals surface area contributed by atoms with Crippen LogP contribution < -0.4 is 5.32 Å². The van der Waals surface area contributed by atoms with E-state index in [0.29, 0.717) is 11.6 Å². The van der Waals surface area contributed by atoms with Crippen molar-refractivity contribution in [2.45, 2.75) is 32.2 Å². The fourth-order valence-corrected chi connectivity index (χ4v) is 3.89. The Labute approximate surface area is 168 Å². The summed E-state index contributed by atoms with van der Waals surface area (Å²) in [5, 5.41) is 3.29. The van der Waals surface area contributed by atoms with Crippen molar-refractivity contribution >= 4 is 28.3 Å². The summed E-state index contributed by atoms with van der Waals surface area (Å²) in [5.74, 6) is -0.575. The van der Waals surface area contributed by atoms with Crippen LogP contribution in [0.4, 0.5) is 5.13 Å². The van der Waals surface area contributed by atoms with Gasteiger partial charge in [0.05, 0.1) is 7.11 Å². The molecule has 0 aliphatic rings. The van der Waals surface area contributed by atoms with E-state index in [4.69, 9.17) is 4.74 Å². The maximum Gasteiger partial charge on any atom is 0.357 e. The van der Waals surface area contributed by atoms with Crippen molar-refractivity contribution in [3.05, 3.63) is 71.0 Å². The Hall–Kier alpha value is -2.93. The number of hydrogen-bond donors (Lipinski definition) is 1. The lowest BCUT2D eigenvalue weighted by molar-refractivity contribution is -0.119. The molecule has 28 heavy (non-hydrogen) atoms. The van der Waals surface area contributed by atoms with Crippen LogP contribution in [-0.2, 0) is 16.0 Å². The molecule has 0 saturated carbocycles. The summed E-state index contributed by atoms with van der Waals surface area (Å²) in [6.07, 6.45) is 4.29. The topological polar surface area (TPSA) is 73.2 Å². The van der Waals surface area contributed by atoms with Gasteiger partial charge in [-0.15, -0.1) is 11.3 Å². The number of anilines is 1. The molecule has 0 radical (unpaired) electrons. The minimum Gasteiger partial charge on any atom is -0.464 e. The molecule has 0 aliphatic carbocycles. The number of methoxy groups -OCH3 is 1. The van der Waals surface area contributed by atoms with Gasteiger partial charge in [-0.05, 0) is 23.6 Å². The zero-order chi connectivity index (χ0) is 20.1. The van der Waals surface area contributed by atoms with Gasteiger partial charge in [-0.3, -0.25) is 4.79 Å². The summed E-state index contributed by atoms with van der Waals surface area (Å²) >= 11 is 1.31. The van der Waals surface area contributed by atoms with Crippen LogP contribution in [0.1, 0.15) is 46.7 Å². The average Bonchev–Trinajstić information content (AvgIpc) is 3.36. The number of nitrogens with one attached hydrogen (secondary N) is 1. The van der Waals surface area contributed by atoms with Crippen molar-refractivity contribution < 1.29 is 14.3 Å². The number of aromatic nitrogens is 2. The molecular formula is C21H23N3O3S. The van der Waals surface area contributed by atoms with Crippen LogP contribution in [-0.4, -0.2) is 28.5 Å². The average molecular weight is 398 g/mol. The summed E-state index contributed by atoms with van der Waals surface area (Å²) in [6.45, 7) is 3.95. The van der Waals surface area contributed by atoms with Crippen LogP contribution in [0.25, 0.3) is 0 Å². The Balaban J connectivity index is 1.85. The number of rotatable bonds is 7. The minimum absolute atomic E-state index is 0.0989. The summed E-state index contributed by atoms with van der Waals surface area (Å²) < 4.78 is 6.69. The molecule has 0 fully saturated rings. The minimum atomic E-state index is -0.494. The van der Waals surface area contributed by atoms with Crippen LogP contribution in [0.15, 0.2) is 54.9 Å². The molecule has 1 unspecified atom stereocenters. The summed E-state index contributed by atoms with van der Waals surface area (Å²) in [7, 11) is 1.33. The third kappa shape index (κ3) is 4.48. The first kappa shape index (κ1) is 19.8. The lowest BCUT2D eigenvalue weighted by Gasteiger charge is -2.18. The molecule has 0 aliphatic heterocycles. The van der Waals surface area contributed by atoms with E-state index in [2.05, 4.69) is 10.3 Å². The molecule has 0 bridgehead atoms. The molecule has 1 atom stereocenters. The highest BCUT2D eigenvalue weighted by molar-refractivity contribution is 7.16. The smallest absolute Gasteiger partial charge is 0.357 e. The number of amides is 1. The molecule has 0 spiro atoms. The van der Waals surface area contributed by atoms with Crippen molar-refractivity contribution in [3.63, 3.8) is 0 Å². The van der Waals surface area contributed by atoms with Crippen LogP contribution in [0.3, 0.4) is 0 Å². The third-order valence-electron chi connectivity index (χ3n) is 4.35. The molecular weight excluding hydrogens is 374 g/mol. The molecule has 1 N–H and O–H groups in total. The van der Waals surface area contributed by atoms with Crippen LogP contribution in [0.2, 0.25) is 0 Å². The second-order valence-corrected chi connectivity index (χ2v) is 7.73. The number of carbonyl (C=O) groups excluding carboxylic acids is 2. The van der Waals surface area contributed by atoms with Gasteiger partial charge < -0.3 is 14.6 Å². The predicted octanol–water partition coefficient (Wildman–Crippen LogP) is 4.28. The third-order valence-corrected chi connectivity index (χ3v) is 5.62. The van der Waals surface area contributed by atoms with Gasteiger partial charge >= 0.3 is 5.97 Å². The number of benzene rings is 1. The molecule has 1 amide bonds. The van der Waals surface area contributed by atoms with Crippen LogP contribution in [0, 0.1) is 0 Å². The van der Waals surface area contributed by atoms with Crippen LogP contribution in [0.5, 0.6) is 0 Å². The number of esters is 1. The van der Waals surface area contributed by atoms with E-state index in [1.807, 2.05) is 73.3 Å². The number of thiazole rings is 1. The van der Waals surface area contributed by atoms with Gasteiger partial charge in [0.15, 0.2) is 10.8 Å². The molecule has 2 heterocycles. The largest absolute Gasteiger partial charge is 0.464 e. The Morgan fingerprint density at radius 2 is 1.82 bits per heavy atom. The summed E-state index contributed by atoms with van der Waals surface area (Å²) in [5.41, 5.74) is 1.33. The van der Waals surface area contributed by atoms with Gasteiger partial charge in [-0.25, -0.2) is 9.78 Å². The lowest BCUT2D eigenvalue weighted by atomic mass is 10.1. The van der Waals surface area contributed by atoms with E-state index in [1.165, 1.54) is 18.4 Å². The van der Waals surface area contributed by atoms with Crippen LogP contribution >= 0.6 is 11.3 Å². The summed E-state index contributed by atoms with van der Waals surface area (Å²) in [4.78, 5) is 30.2. The highest BCUT2D eigenvalue weighted by Gasteiger charge is 2.25. The first-order valence-corrected chi connectivity index (χ1v) is 9.87.